The molecule has 4 rings (SSSR count). The molecule has 1 aliphatic rings. The highest BCUT2D eigenvalue weighted by Gasteiger charge is 2.20. The molecule has 0 atom stereocenters. The Kier molecular flexibility index (Phi) is 6.08. The maximum absolute atomic E-state index is 12.3. The van der Waals surface area contributed by atoms with E-state index in [1.807, 2.05) is 24.3 Å². The van der Waals surface area contributed by atoms with Crippen LogP contribution in [0.25, 0.3) is 21.8 Å². The lowest BCUT2D eigenvalue weighted by Crippen LogP contribution is -2.02. The highest BCUT2D eigenvalue weighted by atomic mass is 16.5. The number of nitrogens with zero attached hydrogens (tertiary/aromatic N) is 1. The van der Waals surface area contributed by atoms with Gasteiger partial charge in [-0.25, -0.2) is 4.79 Å². The first-order chi connectivity index (χ1) is 14.2. The number of carbonyl (C=O) groups excluding carboxylic acids is 1. The second-order valence-electron chi connectivity index (χ2n) is 8.37. The van der Waals surface area contributed by atoms with Gasteiger partial charge in [-0.15, -0.1) is 0 Å². The average molecular weight is 394 g/mol. The van der Waals surface area contributed by atoms with E-state index >= 15 is 0 Å². The molecule has 1 N–H and O–H groups in total. The van der Waals surface area contributed by atoms with Gasteiger partial charge in [-0.3, -0.25) is 0 Å². The van der Waals surface area contributed by atoms with Gasteiger partial charge in [0, 0.05) is 11.9 Å². The number of methoxy groups -OCH3 is 1. The molecule has 1 saturated carbocycles. The Labute approximate surface area is 172 Å². The molecule has 0 radical (unpaired) electrons. The third kappa shape index (κ3) is 3.98. The van der Waals surface area contributed by atoms with E-state index in [0.717, 1.165) is 40.7 Å². The van der Waals surface area contributed by atoms with Crippen molar-refractivity contribution in [1.29, 1.82) is 0 Å². The number of ether oxygens (including phenoxy) is 1. The Morgan fingerprint density at radius 1 is 1.00 bits per heavy atom. The topological polar surface area (TPSA) is 51.5 Å². The van der Waals surface area contributed by atoms with Gasteiger partial charge in [-0.1, -0.05) is 63.5 Å². The lowest BCUT2D eigenvalue weighted by molar-refractivity contribution is 0.0603. The number of hydrogen-bond acceptors (Lipinski definition) is 3. The molecule has 29 heavy (non-hydrogen) atoms. The SMILES string of the molecule is COC(=O)c1cccc2c1c1c(O)cccc1n2CCCCCCC1CCCC1. The van der Waals surface area contributed by atoms with Gasteiger partial charge in [0.05, 0.1) is 29.1 Å². The van der Waals surface area contributed by atoms with Gasteiger partial charge in [-0.2, -0.15) is 0 Å². The van der Waals surface area contributed by atoms with Crippen LogP contribution in [0.1, 0.15) is 68.1 Å². The molecule has 1 heterocycles. The van der Waals surface area contributed by atoms with Gasteiger partial charge in [0.25, 0.3) is 0 Å². The number of aryl methyl sites for hydroxylation is 1. The summed E-state index contributed by atoms with van der Waals surface area (Å²) in [6.07, 6.45) is 12.1. The zero-order valence-electron chi connectivity index (χ0n) is 17.3. The van der Waals surface area contributed by atoms with Crippen molar-refractivity contribution in [2.45, 2.75) is 64.3 Å². The highest BCUT2D eigenvalue weighted by molar-refractivity contribution is 6.18. The minimum atomic E-state index is -0.371. The molecule has 0 amide bonds. The molecular weight excluding hydrogens is 362 g/mol. The zero-order chi connectivity index (χ0) is 20.2. The third-order valence-corrected chi connectivity index (χ3v) is 6.52. The van der Waals surface area contributed by atoms with Crippen LogP contribution in [0.4, 0.5) is 0 Å². The van der Waals surface area contributed by atoms with Crippen molar-refractivity contribution in [3.8, 4) is 5.75 Å². The predicted molar refractivity (Wildman–Crippen MR) is 117 cm³/mol. The second kappa shape index (κ2) is 8.89. The van der Waals surface area contributed by atoms with E-state index in [4.69, 9.17) is 4.74 Å². The van der Waals surface area contributed by atoms with E-state index < -0.39 is 0 Å². The van der Waals surface area contributed by atoms with Crippen molar-refractivity contribution in [3.05, 3.63) is 42.0 Å². The number of rotatable bonds is 8. The van der Waals surface area contributed by atoms with Crippen molar-refractivity contribution in [2.75, 3.05) is 7.11 Å². The van der Waals surface area contributed by atoms with Gasteiger partial charge in [0.2, 0.25) is 0 Å². The van der Waals surface area contributed by atoms with E-state index in [1.54, 1.807) is 12.1 Å². The fraction of sp³-hybridized carbons (Fsp3) is 0.480. The summed E-state index contributed by atoms with van der Waals surface area (Å²) < 4.78 is 7.22. The summed E-state index contributed by atoms with van der Waals surface area (Å²) in [5.41, 5.74) is 2.46. The van der Waals surface area contributed by atoms with Crippen LogP contribution in [0.15, 0.2) is 36.4 Å². The van der Waals surface area contributed by atoms with Gasteiger partial charge in [0.15, 0.2) is 0 Å². The van der Waals surface area contributed by atoms with Crippen LogP contribution >= 0.6 is 0 Å². The van der Waals surface area contributed by atoms with E-state index in [0.29, 0.717) is 5.56 Å². The smallest absolute Gasteiger partial charge is 0.338 e. The molecule has 0 spiro atoms. The quantitative estimate of drug-likeness (QED) is 0.354. The fourth-order valence-corrected chi connectivity index (χ4v) is 5.04. The Morgan fingerprint density at radius 3 is 2.45 bits per heavy atom. The number of hydrogen-bond donors (Lipinski definition) is 1. The van der Waals surface area contributed by atoms with Crippen LogP contribution in [0.3, 0.4) is 0 Å². The Morgan fingerprint density at radius 2 is 1.69 bits per heavy atom. The van der Waals surface area contributed by atoms with Crippen molar-refractivity contribution < 1.29 is 14.6 Å². The van der Waals surface area contributed by atoms with E-state index in [2.05, 4.69) is 4.57 Å². The number of aromatic hydroxyl groups is 1. The average Bonchev–Trinajstić information content (AvgIpc) is 3.36. The number of aromatic nitrogens is 1. The number of carbonyl (C=O) groups is 1. The van der Waals surface area contributed by atoms with E-state index in [1.165, 1.54) is 58.5 Å². The Hall–Kier alpha value is -2.49. The lowest BCUT2D eigenvalue weighted by atomic mass is 9.99. The molecule has 1 aliphatic carbocycles. The summed E-state index contributed by atoms with van der Waals surface area (Å²) in [5, 5.41) is 12.1. The first-order valence-corrected chi connectivity index (χ1v) is 11.0. The summed E-state index contributed by atoms with van der Waals surface area (Å²) >= 11 is 0. The fourth-order valence-electron chi connectivity index (χ4n) is 5.04. The van der Waals surface area contributed by atoms with Crippen LogP contribution in [-0.4, -0.2) is 22.8 Å². The minimum Gasteiger partial charge on any atom is -0.507 e. The molecule has 3 aromatic rings. The third-order valence-electron chi connectivity index (χ3n) is 6.52. The first kappa shape index (κ1) is 19.8. The van der Waals surface area contributed by atoms with Crippen molar-refractivity contribution in [1.82, 2.24) is 4.57 Å². The normalized spacial score (nSPS) is 14.8. The zero-order valence-corrected chi connectivity index (χ0v) is 17.3. The Balaban J connectivity index is 1.53. The summed E-state index contributed by atoms with van der Waals surface area (Å²) in [4.78, 5) is 12.3. The van der Waals surface area contributed by atoms with Gasteiger partial charge >= 0.3 is 5.97 Å². The van der Waals surface area contributed by atoms with Crippen molar-refractivity contribution in [3.63, 3.8) is 0 Å². The largest absolute Gasteiger partial charge is 0.507 e. The summed E-state index contributed by atoms with van der Waals surface area (Å²) in [6, 6.07) is 11.3. The van der Waals surface area contributed by atoms with Crippen LogP contribution in [0.2, 0.25) is 0 Å². The molecule has 154 valence electrons. The van der Waals surface area contributed by atoms with Gasteiger partial charge in [0.1, 0.15) is 5.75 Å². The minimum absolute atomic E-state index is 0.208. The highest BCUT2D eigenvalue weighted by Crippen LogP contribution is 2.37. The molecule has 2 aromatic carbocycles. The summed E-state index contributed by atoms with van der Waals surface area (Å²) in [5.74, 6) is 0.816. The maximum atomic E-state index is 12.3. The molecular formula is C25H31NO3. The van der Waals surface area contributed by atoms with E-state index in [9.17, 15) is 9.90 Å². The van der Waals surface area contributed by atoms with Crippen molar-refractivity contribution in [2.24, 2.45) is 5.92 Å². The molecule has 4 nitrogen and oxygen atoms in total. The molecule has 1 fully saturated rings. The van der Waals surface area contributed by atoms with Crippen molar-refractivity contribution >= 4 is 27.8 Å². The summed E-state index contributed by atoms with van der Waals surface area (Å²) in [6.45, 7) is 0.886. The standard InChI is InChI=1S/C25H31NO3/c1-29-25(28)19-13-8-14-20-23(19)24-21(15-9-16-22(24)27)26(20)17-7-3-2-4-10-18-11-5-6-12-18/h8-9,13-16,18,27H,2-7,10-12,17H2,1H3. The molecule has 0 saturated heterocycles. The molecule has 0 aliphatic heterocycles. The molecule has 4 heteroatoms. The number of phenols is 1. The van der Waals surface area contributed by atoms with Crippen LogP contribution < -0.4 is 0 Å². The van der Waals surface area contributed by atoms with Crippen LogP contribution in [0.5, 0.6) is 5.75 Å². The number of esters is 1. The maximum Gasteiger partial charge on any atom is 0.338 e. The predicted octanol–water partition coefficient (Wildman–Crippen LogP) is 6.43. The van der Waals surface area contributed by atoms with Crippen LogP contribution in [-0.2, 0) is 11.3 Å². The molecule has 1 aromatic heterocycles. The molecule has 0 bridgehead atoms. The summed E-state index contributed by atoms with van der Waals surface area (Å²) in [7, 11) is 1.39. The number of fused-ring (bicyclic) bond motifs is 3. The number of unbranched alkanes of at least 4 members (excludes halogenated alkanes) is 3. The lowest BCUT2D eigenvalue weighted by Gasteiger charge is -2.10. The number of phenolic OH excluding ortho intramolecular Hbond substituents is 1. The second-order valence-corrected chi connectivity index (χ2v) is 8.37. The molecule has 0 unspecified atom stereocenters. The number of benzene rings is 2. The Bertz CT molecular complexity index is 998. The van der Waals surface area contributed by atoms with Crippen LogP contribution in [0, 0.1) is 5.92 Å². The van der Waals surface area contributed by atoms with Gasteiger partial charge < -0.3 is 14.4 Å². The van der Waals surface area contributed by atoms with E-state index in [-0.39, 0.29) is 11.7 Å². The first-order valence-electron chi connectivity index (χ1n) is 11.0. The monoisotopic (exact) mass is 393 g/mol. The van der Waals surface area contributed by atoms with Gasteiger partial charge in [-0.05, 0) is 36.6 Å².